The van der Waals surface area contributed by atoms with E-state index in [2.05, 4.69) is 16.0 Å². The molecule has 198 valence electrons. The number of benzene rings is 4. The molecule has 0 unspecified atom stereocenters. The molecule has 3 amide bonds. The molecule has 4 rings (SSSR count). The van der Waals surface area contributed by atoms with Gasteiger partial charge in [-0.15, -0.1) is 0 Å². The number of carbonyl (C=O) groups excluding carboxylic acids is 3. The third-order valence-corrected chi connectivity index (χ3v) is 5.75. The van der Waals surface area contributed by atoms with Gasteiger partial charge in [-0.3, -0.25) is 14.4 Å². The number of rotatable bonds is 9. The van der Waals surface area contributed by atoms with E-state index in [1.165, 1.54) is 72.8 Å². The molecule has 0 fully saturated rings. The van der Waals surface area contributed by atoms with Gasteiger partial charge >= 0.3 is 0 Å². The molecule has 9 heteroatoms. The van der Waals surface area contributed by atoms with Crippen molar-refractivity contribution < 1.29 is 27.6 Å². The minimum atomic E-state index is -0.585. The van der Waals surface area contributed by atoms with E-state index in [-0.39, 0.29) is 36.3 Å². The van der Waals surface area contributed by atoms with E-state index >= 15 is 0 Å². The third kappa shape index (κ3) is 7.78. The van der Waals surface area contributed by atoms with Gasteiger partial charge in [-0.2, -0.15) is 0 Å². The van der Waals surface area contributed by atoms with Crippen molar-refractivity contribution in [2.75, 3.05) is 0 Å². The summed E-state index contributed by atoms with van der Waals surface area (Å²) in [5.41, 5.74) is 1.67. The number of amides is 3. The van der Waals surface area contributed by atoms with E-state index in [1.54, 1.807) is 18.2 Å². The van der Waals surface area contributed by atoms with E-state index in [0.717, 1.165) is 0 Å². The van der Waals surface area contributed by atoms with Crippen molar-refractivity contribution in [2.24, 2.45) is 0 Å². The normalized spacial score (nSPS) is 10.5. The number of carbonyl (C=O) groups is 3. The zero-order valence-corrected chi connectivity index (χ0v) is 20.6. The van der Waals surface area contributed by atoms with E-state index in [0.29, 0.717) is 16.7 Å². The summed E-state index contributed by atoms with van der Waals surface area (Å²) < 4.78 is 40.5. The van der Waals surface area contributed by atoms with Crippen LogP contribution in [0.1, 0.15) is 47.8 Å². The summed E-state index contributed by atoms with van der Waals surface area (Å²) in [6, 6.07) is 21.1. The van der Waals surface area contributed by atoms with Gasteiger partial charge in [-0.25, -0.2) is 13.2 Å². The van der Waals surface area contributed by atoms with Crippen molar-refractivity contribution >= 4 is 17.7 Å². The number of nitrogens with one attached hydrogen (secondary N) is 3. The zero-order valence-electron chi connectivity index (χ0n) is 20.6. The molecule has 0 saturated carbocycles. The van der Waals surface area contributed by atoms with Crippen molar-refractivity contribution in [2.45, 2.75) is 19.6 Å². The molecular formula is C30H24F3N3O3. The van der Waals surface area contributed by atoms with E-state index in [1.807, 2.05) is 0 Å². The van der Waals surface area contributed by atoms with Gasteiger partial charge in [0.05, 0.1) is 0 Å². The molecule has 6 nitrogen and oxygen atoms in total. The molecule has 3 N–H and O–H groups in total. The van der Waals surface area contributed by atoms with Gasteiger partial charge in [0, 0.05) is 36.3 Å². The van der Waals surface area contributed by atoms with Crippen molar-refractivity contribution in [3.05, 3.63) is 142 Å². The van der Waals surface area contributed by atoms with Crippen LogP contribution in [-0.4, -0.2) is 17.7 Å². The minimum Gasteiger partial charge on any atom is -0.348 e. The topological polar surface area (TPSA) is 87.3 Å². The first kappa shape index (κ1) is 27.1. The van der Waals surface area contributed by atoms with E-state index in [9.17, 15) is 27.6 Å². The molecule has 0 aliphatic rings. The van der Waals surface area contributed by atoms with Crippen LogP contribution in [0, 0.1) is 17.5 Å². The van der Waals surface area contributed by atoms with Crippen LogP contribution in [-0.2, 0) is 19.6 Å². The molecule has 0 radical (unpaired) electrons. The third-order valence-electron chi connectivity index (χ3n) is 5.75. The lowest BCUT2D eigenvalue weighted by atomic mass is 10.0. The first-order valence-corrected chi connectivity index (χ1v) is 12.0. The molecule has 0 atom stereocenters. The molecule has 4 aromatic rings. The summed E-state index contributed by atoms with van der Waals surface area (Å²) in [7, 11) is 0. The summed E-state index contributed by atoms with van der Waals surface area (Å²) in [4.78, 5) is 38.8. The van der Waals surface area contributed by atoms with Crippen molar-refractivity contribution in [1.29, 1.82) is 0 Å². The maximum absolute atomic E-state index is 13.5. The van der Waals surface area contributed by atoms with Crippen LogP contribution in [0.2, 0.25) is 0 Å². The molecular weight excluding hydrogens is 507 g/mol. The fraction of sp³-hybridized carbons (Fsp3) is 0.100. The van der Waals surface area contributed by atoms with Gasteiger partial charge in [-0.05, 0) is 71.3 Å². The van der Waals surface area contributed by atoms with Crippen LogP contribution >= 0.6 is 0 Å². The molecule has 39 heavy (non-hydrogen) atoms. The molecule has 0 heterocycles. The number of halogens is 3. The summed E-state index contributed by atoms with van der Waals surface area (Å²) in [5, 5.41) is 7.95. The summed E-state index contributed by atoms with van der Waals surface area (Å²) in [6.07, 6.45) is 0. The van der Waals surface area contributed by atoms with Crippen LogP contribution in [0.3, 0.4) is 0 Å². The quantitative estimate of drug-likeness (QED) is 0.287. The predicted octanol–water partition coefficient (Wildman–Crippen LogP) is 4.89. The van der Waals surface area contributed by atoms with Crippen molar-refractivity contribution in [3.63, 3.8) is 0 Å². The SMILES string of the molecule is O=C(NCc1cccc(F)c1)c1cc(C(=O)NCc2cccc(F)c2)cc(C(=O)NCc2cccc(F)c2)c1. The largest absolute Gasteiger partial charge is 0.348 e. The maximum Gasteiger partial charge on any atom is 0.251 e. The van der Waals surface area contributed by atoms with Crippen LogP contribution < -0.4 is 16.0 Å². The second kappa shape index (κ2) is 12.6. The lowest BCUT2D eigenvalue weighted by Crippen LogP contribution is -2.28. The molecule has 0 aliphatic heterocycles. The predicted molar refractivity (Wildman–Crippen MR) is 139 cm³/mol. The minimum absolute atomic E-state index is 0.0215. The van der Waals surface area contributed by atoms with Crippen LogP contribution in [0.15, 0.2) is 91.0 Å². The Morgan fingerprint density at radius 1 is 0.462 bits per heavy atom. The Kier molecular flexibility index (Phi) is 8.73. The zero-order chi connectivity index (χ0) is 27.8. The van der Waals surface area contributed by atoms with Crippen LogP contribution in [0.4, 0.5) is 13.2 Å². The van der Waals surface area contributed by atoms with Gasteiger partial charge in [0.25, 0.3) is 17.7 Å². The molecule has 4 aromatic carbocycles. The first-order valence-electron chi connectivity index (χ1n) is 12.0. The summed E-state index contributed by atoms with van der Waals surface area (Å²) in [6.45, 7) is 0.0646. The van der Waals surface area contributed by atoms with Crippen LogP contribution in [0.5, 0.6) is 0 Å². The van der Waals surface area contributed by atoms with Gasteiger partial charge in [-0.1, -0.05) is 36.4 Å². The smallest absolute Gasteiger partial charge is 0.251 e. The van der Waals surface area contributed by atoms with E-state index in [4.69, 9.17) is 0 Å². The maximum atomic E-state index is 13.5. The average molecular weight is 532 g/mol. The van der Waals surface area contributed by atoms with E-state index < -0.39 is 35.2 Å². The highest BCUT2D eigenvalue weighted by Gasteiger charge is 2.17. The fourth-order valence-corrected chi connectivity index (χ4v) is 3.81. The molecule has 0 aliphatic carbocycles. The van der Waals surface area contributed by atoms with Crippen LogP contribution in [0.25, 0.3) is 0 Å². The Morgan fingerprint density at radius 3 is 1.00 bits per heavy atom. The van der Waals surface area contributed by atoms with Gasteiger partial charge < -0.3 is 16.0 Å². The van der Waals surface area contributed by atoms with Gasteiger partial charge in [0.2, 0.25) is 0 Å². The fourth-order valence-electron chi connectivity index (χ4n) is 3.81. The Bertz CT molecular complexity index is 1330. The Balaban J connectivity index is 1.54. The second-order valence-electron chi connectivity index (χ2n) is 8.74. The van der Waals surface area contributed by atoms with Crippen molar-refractivity contribution in [1.82, 2.24) is 16.0 Å². The van der Waals surface area contributed by atoms with Crippen molar-refractivity contribution in [3.8, 4) is 0 Å². The highest BCUT2D eigenvalue weighted by atomic mass is 19.1. The van der Waals surface area contributed by atoms with Gasteiger partial charge in [0.1, 0.15) is 17.5 Å². The molecule has 0 spiro atoms. The number of hydrogen-bond acceptors (Lipinski definition) is 3. The summed E-state index contributed by atoms with van der Waals surface area (Å²) in [5.74, 6) is -3.10. The number of hydrogen-bond donors (Lipinski definition) is 3. The monoisotopic (exact) mass is 531 g/mol. The molecule has 0 saturated heterocycles. The highest BCUT2D eigenvalue weighted by Crippen LogP contribution is 2.14. The lowest BCUT2D eigenvalue weighted by Gasteiger charge is -2.12. The lowest BCUT2D eigenvalue weighted by molar-refractivity contribution is 0.0950. The van der Waals surface area contributed by atoms with Gasteiger partial charge in [0.15, 0.2) is 0 Å². The molecule has 0 aromatic heterocycles. The first-order chi connectivity index (χ1) is 18.8. The molecule has 0 bridgehead atoms. The average Bonchev–Trinajstić information content (AvgIpc) is 2.93. The summed E-state index contributed by atoms with van der Waals surface area (Å²) >= 11 is 0. The Hall–Kier alpha value is -4.92. The standard InChI is InChI=1S/C30H24F3N3O3/c31-25-7-1-4-19(10-25)16-34-28(37)22-13-23(29(38)35-17-20-5-2-8-26(32)11-20)15-24(14-22)30(39)36-18-21-6-3-9-27(33)12-21/h1-15H,16-18H2,(H,34,37)(H,35,38)(H,36,39). The Morgan fingerprint density at radius 2 is 0.744 bits per heavy atom. The second-order valence-corrected chi connectivity index (χ2v) is 8.74. The Labute approximate surface area is 222 Å². The highest BCUT2D eigenvalue weighted by molar-refractivity contribution is 6.04.